The Balaban J connectivity index is 1.83. The van der Waals surface area contributed by atoms with Crippen LogP contribution in [0.4, 0.5) is 4.39 Å². The lowest BCUT2D eigenvalue weighted by Crippen LogP contribution is -2.27. The first-order chi connectivity index (χ1) is 14.3. The quantitative estimate of drug-likeness (QED) is 0.573. The van der Waals surface area contributed by atoms with E-state index in [4.69, 9.17) is 4.74 Å². The molecule has 0 N–H and O–H groups in total. The first-order valence-electron chi connectivity index (χ1n) is 9.58. The van der Waals surface area contributed by atoms with Gasteiger partial charge in [-0.25, -0.2) is 13.9 Å². The van der Waals surface area contributed by atoms with Crippen molar-refractivity contribution in [2.45, 2.75) is 26.3 Å². The number of methoxy groups -OCH3 is 1. The molecule has 0 radical (unpaired) electrons. The van der Waals surface area contributed by atoms with Crippen LogP contribution in [0.15, 0.2) is 54.7 Å². The number of carbonyl (C=O) groups excluding carboxylic acids is 2. The smallest absolute Gasteiger partial charge is 0.337 e. The van der Waals surface area contributed by atoms with Gasteiger partial charge in [0.25, 0.3) is 5.91 Å². The summed E-state index contributed by atoms with van der Waals surface area (Å²) in [7, 11) is 3.05. The Morgan fingerprint density at radius 2 is 1.73 bits per heavy atom. The number of amides is 1. The van der Waals surface area contributed by atoms with Crippen molar-refractivity contribution in [3.8, 4) is 5.69 Å². The number of ether oxygens (including phenoxy) is 1. The Labute approximate surface area is 174 Å². The van der Waals surface area contributed by atoms with Gasteiger partial charge in [0.1, 0.15) is 5.82 Å². The molecule has 0 bridgehead atoms. The van der Waals surface area contributed by atoms with Crippen LogP contribution in [0.5, 0.6) is 0 Å². The molecule has 0 aliphatic rings. The maximum atomic E-state index is 13.3. The van der Waals surface area contributed by atoms with Crippen molar-refractivity contribution >= 4 is 11.9 Å². The van der Waals surface area contributed by atoms with E-state index < -0.39 is 5.97 Å². The summed E-state index contributed by atoms with van der Waals surface area (Å²) < 4.78 is 19.7. The van der Waals surface area contributed by atoms with E-state index in [1.165, 1.54) is 19.2 Å². The fourth-order valence-electron chi connectivity index (χ4n) is 3.28. The van der Waals surface area contributed by atoms with Crippen LogP contribution in [0.3, 0.4) is 0 Å². The van der Waals surface area contributed by atoms with E-state index in [0.717, 1.165) is 11.3 Å². The van der Waals surface area contributed by atoms with Gasteiger partial charge in [-0.1, -0.05) is 26.0 Å². The summed E-state index contributed by atoms with van der Waals surface area (Å²) in [5, 5.41) is 4.38. The molecule has 0 aliphatic heterocycles. The second kappa shape index (κ2) is 8.90. The lowest BCUT2D eigenvalue weighted by Gasteiger charge is -2.19. The molecule has 1 amide bonds. The van der Waals surface area contributed by atoms with Crippen molar-refractivity contribution in [1.82, 2.24) is 14.7 Å². The van der Waals surface area contributed by atoms with Crippen LogP contribution in [0.25, 0.3) is 5.69 Å². The van der Waals surface area contributed by atoms with Crippen molar-refractivity contribution in [2.24, 2.45) is 0 Å². The highest BCUT2D eigenvalue weighted by molar-refractivity contribution is 5.95. The van der Waals surface area contributed by atoms with Gasteiger partial charge in [-0.3, -0.25) is 4.79 Å². The predicted octanol–water partition coefficient (Wildman–Crippen LogP) is 4.19. The van der Waals surface area contributed by atoms with E-state index in [-0.39, 0.29) is 17.6 Å². The standard InChI is InChI=1S/C23H24FN3O3/c1-15(2)21-20(13-25-27(21)19-11-9-18(24)10-12-19)22(28)26(3)14-16-5-7-17(8-6-16)23(29)30-4/h5-13,15H,14H2,1-4H3. The number of benzene rings is 2. The Morgan fingerprint density at radius 1 is 1.10 bits per heavy atom. The number of aromatic nitrogens is 2. The van der Waals surface area contributed by atoms with Crippen LogP contribution in [-0.2, 0) is 11.3 Å². The predicted molar refractivity (Wildman–Crippen MR) is 111 cm³/mol. The summed E-state index contributed by atoms with van der Waals surface area (Å²) in [5.41, 5.74) is 3.30. The molecule has 30 heavy (non-hydrogen) atoms. The molecule has 0 unspecified atom stereocenters. The number of hydrogen-bond donors (Lipinski definition) is 0. The number of carbonyl (C=O) groups is 2. The van der Waals surface area contributed by atoms with Gasteiger partial charge in [0.05, 0.1) is 35.8 Å². The Kier molecular flexibility index (Phi) is 6.30. The zero-order valence-electron chi connectivity index (χ0n) is 17.4. The van der Waals surface area contributed by atoms with Crippen molar-refractivity contribution < 1.29 is 18.7 Å². The van der Waals surface area contributed by atoms with Crippen LogP contribution >= 0.6 is 0 Å². The average Bonchev–Trinajstić information content (AvgIpc) is 3.19. The van der Waals surface area contributed by atoms with Gasteiger partial charge < -0.3 is 9.64 Å². The van der Waals surface area contributed by atoms with Crippen molar-refractivity contribution in [3.63, 3.8) is 0 Å². The number of nitrogens with zero attached hydrogens (tertiary/aromatic N) is 3. The largest absolute Gasteiger partial charge is 0.465 e. The van der Waals surface area contributed by atoms with Crippen LogP contribution in [0.2, 0.25) is 0 Å². The molecule has 0 atom stereocenters. The van der Waals surface area contributed by atoms with Crippen LogP contribution in [0.1, 0.15) is 51.7 Å². The highest BCUT2D eigenvalue weighted by Crippen LogP contribution is 2.24. The van der Waals surface area contributed by atoms with Crippen molar-refractivity contribution in [3.05, 3.63) is 82.9 Å². The highest BCUT2D eigenvalue weighted by atomic mass is 19.1. The first-order valence-corrected chi connectivity index (χ1v) is 9.58. The molecule has 0 aliphatic carbocycles. The number of halogens is 1. The third-order valence-electron chi connectivity index (χ3n) is 4.80. The van der Waals surface area contributed by atoms with Gasteiger partial charge in [0.15, 0.2) is 0 Å². The summed E-state index contributed by atoms with van der Waals surface area (Å²) in [4.78, 5) is 26.3. The maximum absolute atomic E-state index is 13.3. The molecule has 0 saturated carbocycles. The number of esters is 1. The van der Waals surface area contributed by atoms with Gasteiger partial charge in [0, 0.05) is 13.6 Å². The third kappa shape index (κ3) is 4.40. The monoisotopic (exact) mass is 409 g/mol. The molecule has 2 aromatic carbocycles. The maximum Gasteiger partial charge on any atom is 0.337 e. The van der Waals surface area contributed by atoms with E-state index in [1.807, 2.05) is 13.8 Å². The molecule has 3 rings (SSSR count). The normalized spacial score (nSPS) is 10.9. The average molecular weight is 409 g/mol. The molecule has 0 saturated heterocycles. The fourth-order valence-corrected chi connectivity index (χ4v) is 3.28. The summed E-state index contributed by atoms with van der Waals surface area (Å²) in [6.07, 6.45) is 1.55. The third-order valence-corrected chi connectivity index (χ3v) is 4.80. The second-order valence-electron chi connectivity index (χ2n) is 7.34. The first kappa shape index (κ1) is 21.2. The van der Waals surface area contributed by atoms with Gasteiger partial charge in [-0.2, -0.15) is 5.10 Å². The van der Waals surface area contributed by atoms with Gasteiger partial charge in [0.2, 0.25) is 0 Å². The van der Waals surface area contributed by atoms with Crippen LogP contribution in [0, 0.1) is 5.82 Å². The summed E-state index contributed by atoms with van der Waals surface area (Å²) in [5.74, 6) is -0.861. The van der Waals surface area contributed by atoms with E-state index in [2.05, 4.69) is 5.10 Å². The molecular weight excluding hydrogens is 385 g/mol. The summed E-state index contributed by atoms with van der Waals surface area (Å²) in [6, 6.07) is 12.9. The Morgan fingerprint density at radius 3 is 2.30 bits per heavy atom. The SMILES string of the molecule is COC(=O)c1ccc(CN(C)C(=O)c2cnn(-c3ccc(F)cc3)c2C(C)C)cc1. The minimum absolute atomic E-state index is 0.0317. The fraction of sp³-hybridized carbons (Fsp3) is 0.261. The summed E-state index contributed by atoms with van der Waals surface area (Å²) >= 11 is 0. The minimum atomic E-state index is -0.402. The second-order valence-corrected chi connectivity index (χ2v) is 7.34. The molecule has 156 valence electrons. The van der Waals surface area contributed by atoms with Crippen LogP contribution < -0.4 is 0 Å². The van der Waals surface area contributed by atoms with Gasteiger partial charge >= 0.3 is 5.97 Å². The number of hydrogen-bond acceptors (Lipinski definition) is 4. The van der Waals surface area contributed by atoms with E-state index in [0.29, 0.717) is 23.4 Å². The van der Waals surface area contributed by atoms with Gasteiger partial charge in [-0.15, -0.1) is 0 Å². The lowest BCUT2D eigenvalue weighted by molar-refractivity contribution is 0.0600. The zero-order chi connectivity index (χ0) is 21.8. The van der Waals surface area contributed by atoms with E-state index in [1.54, 1.807) is 59.2 Å². The number of rotatable bonds is 6. The molecule has 0 spiro atoms. The Bertz CT molecular complexity index is 1040. The van der Waals surface area contributed by atoms with Crippen molar-refractivity contribution in [2.75, 3.05) is 14.2 Å². The molecule has 3 aromatic rings. The molecule has 6 nitrogen and oxygen atoms in total. The molecule has 7 heteroatoms. The molecule has 0 fully saturated rings. The van der Waals surface area contributed by atoms with E-state index >= 15 is 0 Å². The Hall–Kier alpha value is -3.48. The molecule has 1 aromatic heterocycles. The lowest BCUT2D eigenvalue weighted by atomic mass is 10.0. The van der Waals surface area contributed by atoms with Gasteiger partial charge in [-0.05, 0) is 47.9 Å². The molecule has 1 heterocycles. The van der Waals surface area contributed by atoms with Crippen molar-refractivity contribution in [1.29, 1.82) is 0 Å². The minimum Gasteiger partial charge on any atom is -0.465 e. The highest BCUT2D eigenvalue weighted by Gasteiger charge is 2.23. The molecular formula is C23H24FN3O3. The van der Waals surface area contributed by atoms with E-state index in [9.17, 15) is 14.0 Å². The topological polar surface area (TPSA) is 64.4 Å². The zero-order valence-corrected chi connectivity index (χ0v) is 17.4. The van der Waals surface area contributed by atoms with Crippen LogP contribution in [-0.4, -0.2) is 40.7 Å². The summed E-state index contributed by atoms with van der Waals surface area (Å²) in [6.45, 7) is 4.35.